The number of carbonyl (C=O) groups excluding carboxylic acids is 1. The predicted molar refractivity (Wildman–Crippen MR) is 190 cm³/mol. The highest BCUT2D eigenvalue weighted by Crippen LogP contribution is 2.30. The van der Waals surface area contributed by atoms with E-state index in [9.17, 15) is 26.4 Å². The van der Waals surface area contributed by atoms with Gasteiger partial charge in [-0.25, -0.2) is 13.4 Å². The lowest BCUT2D eigenvalue weighted by atomic mass is 10.2. The van der Waals surface area contributed by atoms with Crippen LogP contribution in [0.3, 0.4) is 0 Å². The third-order valence-corrected chi connectivity index (χ3v) is 10.4. The fourth-order valence-corrected chi connectivity index (χ4v) is 7.65. The fourth-order valence-electron chi connectivity index (χ4n) is 6.33. The van der Waals surface area contributed by atoms with Gasteiger partial charge in [0.05, 0.1) is 22.9 Å². The second-order valence-corrected chi connectivity index (χ2v) is 14.3. The molecule has 1 N–H and O–H groups in total. The molecule has 1 aliphatic heterocycles. The first kappa shape index (κ1) is 34.9. The average molecular weight is 733 g/mol. The van der Waals surface area contributed by atoms with E-state index < -0.39 is 22.8 Å². The Labute approximate surface area is 297 Å². The lowest BCUT2D eigenvalue weighted by molar-refractivity contribution is -0.153. The van der Waals surface area contributed by atoms with E-state index in [1.54, 1.807) is 54.1 Å². The zero-order valence-corrected chi connectivity index (χ0v) is 29.1. The fraction of sp³-hybridized carbons (Fsp3) is 0.243. The lowest BCUT2D eigenvalue weighted by Gasteiger charge is -2.34. The number of benzene rings is 3. The summed E-state index contributed by atoms with van der Waals surface area (Å²) in [5.74, 6) is 0.838. The van der Waals surface area contributed by atoms with Crippen LogP contribution >= 0.6 is 0 Å². The van der Waals surface area contributed by atoms with Gasteiger partial charge < -0.3 is 23.5 Å². The number of fused-ring (bicyclic) bond motifs is 2. The average Bonchev–Trinajstić information content (AvgIpc) is 3.67. The van der Waals surface area contributed by atoms with Gasteiger partial charge in [0.2, 0.25) is 5.88 Å². The van der Waals surface area contributed by atoms with E-state index >= 15 is 0 Å². The van der Waals surface area contributed by atoms with E-state index in [1.165, 1.54) is 18.3 Å². The summed E-state index contributed by atoms with van der Waals surface area (Å²) < 4.78 is 80.7. The number of aryl methyl sites for hydroxylation is 2. The van der Waals surface area contributed by atoms with Crippen molar-refractivity contribution in [2.45, 2.75) is 17.6 Å². The largest absolute Gasteiger partial charge is 0.484 e. The monoisotopic (exact) mass is 732 g/mol. The van der Waals surface area contributed by atoms with Crippen molar-refractivity contribution in [2.75, 3.05) is 37.5 Å². The minimum absolute atomic E-state index is 0.0879. The molecule has 1 saturated heterocycles. The highest BCUT2D eigenvalue weighted by Gasteiger charge is 2.29. The first-order valence-electron chi connectivity index (χ1n) is 16.4. The summed E-state index contributed by atoms with van der Waals surface area (Å²) in [7, 11) is -0.266. The number of rotatable bonds is 10. The van der Waals surface area contributed by atoms with Crippen LogP contribution in [0.2, 0.25) is 0 Å². The molecule has 0 aliphatic carbocycles. The molecule has 15 heteroatoms. The van der Waals surface area contributed by atoms with E-state index in [-0.39, 0.29) is 28.1 Å². The maximum absolute atomic E-state index is 13.6. The molecule has 1 fully saturated rings. The van der Waals surface area contributed by atoms with Gasteiger partial charge in [-0.1, -0.05) is 24.3 Å². The maximum Gasteiger partial charge on any atom is 0.422 e. The Balaban J connectivity index is 0.956. The number of carbonyl (C=O) groups is 1. The molecule has 3 aromatic heterocycles. The van der Waals surface area contributed by atoms with Gasteiger partial charge >= 0.3 is 6.18 Å². The number of hydrogen-bond acceptors (Lipinski definition) is 7. The molecule has 0 spiro atoms. The molecule has 7 rings (SSSR count). The maximum atomic E-state index is 13.6. The van der Waals surface area contributed by atoms with Gasteiger partial charge in [0.25, 0.3) is 15.9 Å². The van der Waals surface area contributed by atoms with E-state index in [2.05, 4.69) is 14.6 Å². The SMILES string of the molecule is Cn1ccc2cccc(S(=O)(=O)Nc3ccc(Oc4ccc5cc(C(=O)N6CCN(Cc7ccc(OCC(F)(F)F)cc7)CC6)n(C)c5c4)nc3)c21. The number of anilines is 1. The lowest BCUT2D eigenvalue weighted by Crippen LogP contribution is -2.48. The predicted octanol–water partition coefficient (Wildman–Crippen LogP) is 6.56. The number of hydrogen-bond donors (Lipinski definition) is 1. The number of sulfonamides is 1. The number of para-hydroxylation sites is 1. The normalized spacial score (nSPS) is 14.2. The van der Waals surface area contributed by atoms with Crippen molar-refractivity contribution < 1.29 is 35.9 Å². The van der Waals surface area contributed by atoms with Gasteiger partial charge in [-0.15, -0.1) is 0 Å². The second kappa shape index (κ2) is 13.9. The summed E-state index contributed by atoms with van der Waals surface area (Å²) in [5, 5.41) is 1.69. The van der Waals surface area contributed by atoms with Crippen LogP contribution in [0.25, 0.3) is 21.8 Å². The van der Waals surface area contributed by atoms with Crippen LogP contribution in [0.4, 0.5) is 18.9 Å². The Kier molecular flexibility index (Phi) is 9.31. The van der Waals surface area contributed by atoms with Crippen LogP contribution in [-0.4, -0.2) is 77.2 Å². The molecule has 0 radical (unpaired) electrons. The Morgan fingerprint density at radius 2 is 1.63 bits per heavy atom. The summed E-state index contributed by atoms with van der Waals surface area (Å²) in [6, 6.07) is 24.0. The van der Waals surface area contributed by atoms with Crippen molar-refractivity contribution in [3.63, 3.8) is 0 Å². The Morgan fingerprint density at radius 1 is 0.885 bits per heavy atom. The molecule has 1 aliphatic rings. The van der Waals surface area contributed by atoms with E-state index in [0.29, 0.717) is 49.7 Å². The Morgan fingerprint density at radius 3 is 2.35 bits per heavy atom. The molecule has 1 amide bonds. The van der Waals surface area contributed by atoms with Crippen LogP contribution < -0.4 is 14.2 Å². The van der Waals surface area contributed by atoms with E-state index in [4.69, 9.17) is 9.47 Å². The minimum Gasteiger partial charge on any atom is -0.484 e. The van der Waals surface area contributed by atoms with Crippen LogP contribution in [0.5, 0.6) is 17.4 Å². The zero-order chi connectivity index (χ0) is 36.6. The van der Waals surface area contributed by atoms with Gasteiger partial charge in [0.15, 0.2) is 6.61 Å². The van der Waals surface area contributed by atoms with Crippen molar-refractivity contribution in [3.05, 3.63) is 109 Å². The highest BCUT2D eigenvalue weighted by molar-refractivity contribution is 7.93. The first-order valence-corrected chi connectivity index (χ1v) is 17.9. The number of ether oxygens (including phenoxy) is 2. The minimum atomic E-state index is -4.39. The number of pyridine rings is 1. The number of amides is 1. The third-order valence-electron chi connectivity index (χ3n) is 8.99. The zero-order valence-electron chi connectivity index (χ0n) is 28.3. The highest BCUT2D eigenvalue weighted by atomic mass is 32.2. The number of alkyl halides is 3. The van der Waals surface area contributed by atoms with E-state index in [1.807, 2.05) is 53.0 Å². The number of nitrogens with zero attached hydrogens (tertiary/aromatic N) is 5. The summed E-state index contributed by atoms with van der Waals surface area (Å²) in [4.78, 5) is 22.1. The number of halogens is 3. The Hall–Kier alpha value is -5.54. The van der Waals surface area contributed by atoms with Crippen molar-refractivity contribution >= 4 is 43.4 Å². The van der Waals surface area contributed by atoms with Crippen LogP contribution in [0.1, 0.15) is 16.1 Å². The topological polar surface area (TPSA) is 111 Å². The van der Waals surface area contributed by atoms with Crippen molar-refractivity contribution in [1.29, 1.82) is 0 Å². The van der Waals surface area contributed by atoms with Crippen molar-refractivity contribution in [1.82, 2.24) is 23.9 Å². The van der Waals surface area contributed by atoms with Gasteiger partial charge in [0.1, 0.15) is 22.1 Å². The van der Waals surface area contributed by atoms with Crippen molar-refractivity contribution in [3.8, 4) is 17.4 Å². The quantitative estimate of drug-likeness (QED) is 0.170. The van der Waals surface area contributed by atoms with Gasteiger partial charge in [-0.3, -0.25) is 14.4 Å². The first-order chi connectivity index (χ1) is 24.8. The molecule has 270 valence electrons. The molecular weight excluding hydrogens is 698 g/mol. The molecule has 0 saturated carbocycles. The van der Waals surface area contributed by atoms with Crippen LogP contribution in [0.15, 0.2) is 102 Å². The summed E-state index contributed by atoms with van der Waals surface area (Å²) >= 11 is 0. The van der Waals surface area contributed by atoms with Crippen LogP contribution in [0, 0.1) is 0 Å². The van der Waals surface area contributed by atoms with E-state index in [0.717, 1.165) is 21.9 Å². The third kappa shape index (κ3) is 7.55. The molecule has 4 heterocycles. The molecule has 0 atom stereocenters. The Bertz CT molecular complexity index is 2350. The molecule has 3 aromatic carbocycles. The molecular formula is C37H35F3N6O5S. The number of nitrogens with one attached hydrogen (secondary N) is 1. The van der Waals surface area contributed by atoms with Gasteiger partial charge in [-0.2, -0.15) is 13.2 Å². The number of piperazine rings is 1. The molecule has 11 nitrogen and oxygen atoms in total. The number of aromatic nitrogens is 3. The van der Waals surface area contributed by atoms with Crippen LogP contribution in [-0.2, 0) is 30.7 Å². The molecule has 6 aromatic rings. The standard InChI is InChI=1S/C37H35F3N6O5S/c1-43-15-14-26-4-3-5-33(35(26)43)52(48,49)42-28-9-13-34(41-22-28)51-30-12-8-27-20-32(44(2)31(27)21-30)36(47)46-18-16-45(17-19-46)23-25-6-10-29(11-7-25)50-24-37(38,39)40/h3-15,20-22,42H,16-19,23-24H2,1-2H3. The second-order valence-electron chi connectivity index (χ2n) is 12.6. The molecule has 52 heavy (non-hydrogen) atoms. The van der Waals surface area contributed by atoms with Gasteiger partial charge in [-0.05, 0) is 54.1 Å². The summed E-state index contributed by atoms with van der Waals surface area (Å²) in [6.07, 6.45) is -1.18. The molecule has 0 unspecified atom stereocenters. The van der Waals surface area contributed by atoms with Crippen molar-refractivity contribution in [2.24, 2.45) is 14.1 Å². The smallest absolute Gasteiger partial charge is 0.422 e. The summed E-state index contributed by atoms with van der Waals surface area (Å²) in [6.45, 7) is 1.63. The molecule has 0 bridgehead atoms. The van der Waals surface area contributed by atoms with Gasteiger partial charge in [0, 0.05) is 75.9 Å². The summed E-state index contributed by atoms with van der Waals surface area (Å²) in [5.41, 5.74) is 3.16.